The zero-order chi connectivity index (χ0) is 25.0. The number of unbranched alkanes of at least 4 members (excludes halogenated alkanes) is 1. The summed E-state index contributed by atoms with van der Waals surface area (Å²) in [4.78, 5) is 67.0. The summed E-state index contributed by atoms with van der Waals surface area (Å²) in [6.45, 7) is 1.75. The van der Waals surface area contributed by atoms with Gasteiger partial charge in [0.1, 0.15) is 18.1 Å². The maximum absolute atomic E-state index is 12.8. The molecular weight excluding hydrogens is 436 g/mol. The van der Waals surface area contributed by atoms with Gasteiger partial charge in [-0.05, 0) is 32.7 Å². The first-order valence-electron chi connectivity index (χ1n) is 10.4. The number of hydrogen-bond donors (Lipinski definition) is 8. The van der Waals surface area contributed by atoms with Crippen molar-refractivity contribution in [2.75, 3.05) is 6.54 Å². The zero-order valence-corrected chi connectivity index (χ0v) is 18.4. The van der Waals surface area contributed by atoms with E-state index in [-0.39, 0.29) is 12.8 Å². The molecule has 0 aliphatic rings. The Hall–Kier alpha value is -3.52. The highest BCUT2D eigenvalue weighted by atomic mass is 16.4. The van der Waals surface area contributed by atoms with Crippen LogP contribution in [0.3, 0.4) is 0 Å². The van der Waals surface area contributed by atoms with E-state index in [1.165, 1.54) is 19.4 Å². The normalized spacial score (nSPS) is 14.4. The van der Waals surface area contributed by atoms with Crippen LogP contribution in [0.5, 0.6) is 0 Å². The molecule has 14 heteroatoms. The molecule has 1 rings (SSSR count). The third kappa shape index (κ3) is 10.1. The molecule has 0 spiro atoms. The van der Waals surface area contributed by atoms with Crippen LogP contribution in [-0.2, 0) is 30.4 Å². The van der Waals surface area contributed by atoms with Crippen LogP contribution < -0.4 is 33.2 Å². The van der Waals surface area contributed by atoms with E-state index in [0.717, 1.165) is 0 Å². The topological polar surface area (TPSA) is 248 Å². The van der Waals surface area contributed by atoms with Crippen molar-refractivity contribution in [2.45, 2.75) is 63.2 Å². The lowest BCUT2D eigenvalue weighted by molar-refractivity contribution is -0.142. The summed E-state index contributed by atoms with van der Waals surface area (Å²) in [5.41, 5.74) is 16.6. The van der Waals surface area contributed by atoms with Crippen molar-refractivity contribution in [1.82, 2.24) is 25.9 Å². The van der Waals surface area contributed by atoms with Crippen LogP contribution in [0.2, 0.25) is 0 Å². The number of carboxylic acid groups (broad SMARTS) is 1. The Morgan fingerprint density at radius 3 is 2.15 bits per heavy atom. The Morgan fingerprint density at radius 1 is 1.03 bits per heavy atom. The second-order valence-electron chi connectivity index (χ2n) is 7.55. The molecule has 4 unspecified atom stereocenters. The number of H-pyrrole nitrogens is 1. The van der Waals surface area contributed by atoms with Gasteiger partial charge in [-0.1, -0.05) is 0 Å². The minimum Gasteiger partial charge on any atom is -0.480 e. The maximum atomic E-state index is 12.8. The maximum Gasteiger partial charge on any atom is 0.326 e. The number of aromatic nitrogens is 2. The summed E-state index contributed by atoms with van der Waals surface area (Å²) in [5.74, 6) is -4.40. The molecule has 14 nitrogen and oxygen atoms in total. The molecule has 4 atom stereocenters. The molecule has 1 heterocycles. The number of nitrogens with zero attached hydrogens (tertiary/aromatic N) is 1. The highest BCUT2D eigenvalue weighted by Gasteiger charge is 2.30. The summed E-state index contributed by atoms with van der Waals surface area (Å²) in [6, 6.07) is -4.73. The van der Waals surface area contributed by atoms with E-state index in [2.05, 4.69) is 25.9 Å². The minimum atomic E-state index is -1.36. The average Bonchev–Trinajstić information content (AvgIpc) is 3.24. The van der Waals surface area contributed by atoms with Crippen LogP contribution in [-0.4, -0.2) is 75.4 Å². The van der Waals surface area contributed by atoms with Gasteiger partial charge in [0.2, 0.25) is 23.6 Å². The molecule has 0 radical (unpaired) electrons. The predicted octanol–water partition coefficient (Wildman–Crippen LogP) is -3.16. The standard InChI is InChI=1S/C19H32N8O6/c1-10(21)16(29)26-13(7-15(22)28)18(31)25-12(4-2-3-5-20)17(30)27-14(19(32)33)6-11-8-23-9-24-11/h8-10,12-14H,2-7,20-21H2,1H3,(H2,22,28)(H,23,24)(H,25,31)(H,26,29)(H,27,30)(H,32,33). The third-order valence-corrected chi connectivity index (χ3v) is 4.63. The number of nitrogens with one attached hydrogen (secondary N) is 4. The molecular formula is C19H32N8O6. The smallest absolute Gasteiger partial charge is 0.326 e. The highest BCUT2D eigenvalue weighted by Crippen LogP contribution is 2.06. The Bertz CT molecular complexity index is 813. The summed E-state index contributed by atoms with van der Waals surface area (Å²) < 4.78 is 0. The number of nitrogens with two attached hydrogens (primary N) is 3. The van der Waals surface area contributed by atoms with E-state index < -0.39 is 60.2 Å². The minimum absolute atomic E-state index is 0.0563. The van der Waals surface area contributed by atoms with Crippen LogP contribution in [0.4, 0.5) is 0 Å². The molecule has 184 valence electrons. The monoisotopic (exact) mass is 468 g/mol. The first kappa shape index (κ1) is 27.5. The van der Waals surface area contributed by atoms with E-state index in [1.807, 2.05) is 0 Å². The lowest BCUT2D eigenvalue weighted by Gasteiger charge is -2.24. The van der Waals surface area contributed by atoms with Gasteiger partial charge >= 0.3 is 5.97 Å². The second kappa shape index (κ2) is 13.8. The number of aromatic amines is 1. The van der Waals surface area contributed by atoms with Gasteiger partial charge in [0.05, 0.1) is 18.8 Å². The zero-order valence-electron chi connectivity index (χ0n) is 18.4. The Morgan fingerprint density at radius 2 is 1.64 bits per heavy atom. The predicted molar refractivity (Wildman–Crippen MR) is 116 cm³/mol. The summed E-state index contributed by atoms with van der Waals surface area (Å²) in [7, 11) is 0. The van der Waals surface area contributed by atoms with Crippen molar-refractivity contribution in [3.05, 3.63) is 18.2 Å². The number of hydrogen-bond acceptors (Lipinski definition) is 8. The fourth-order valence-corrected chi connectivity index (χ4v) is 2.84. The van der Waals surface area contributed by atoms with Crippen LogP contribution >= 0.6 is 0 Å². The van der Waals surface area contributed by atoms with Crippen LogP contribution in [0, 0.1) is 0 Å². The first-order chi connectivity index (χ1) is 15.5. The molecule has 33 heavy (non-hydrogen) atoms. The molecule has 0 saturated carbocycles. The first-order valence-corrected chi connectivity index (χ1v) is 10.4. The van der Waals surface area contributed by atoms with Crippen molar-refractivity contribution in [3.8, 4) is 0 Å². The molecule has 0 aliphatic carbocycles. The van der Waals surface area contributed by atoms with E-state index in [0.29, 0.717) is 25.1 Å². The Labute approximate surface area is 190 Å². The number of amides is 4. The molecule has 11 N–H and O–H groups in total. The van der Waals surface area contributed by atoms with Gasteiger partial charge in [0.25, 0.3) is 0 Å². The van der Waals surface area contributed by atoms with E-state index >= 15 is 0 Å². The quantitative estimate of drug-likeness (QED) is 0.121. The van der Waals surface area contributed by atoms with Crippen molar-refractivity contribution in [3.63, 3.8) is 0 Å². The highest BCUT2D eigenvalue weighted by molar-refractivity contribution is 5.96. The number of carboxylic acids is 1. The number of carbonyl (C=O) groups excluding carboxylic acids is 4. The van der Waals surface area contributed by atoms with Gasteiger partial charge in [-0.25, -0.2) is 9.78 Å². The Kier molecular flexibility index (Phi) is 11.5. The van der Waals surface area contributed by atoms with Crippen LogP contribution in [0.25, 0.3) is 0 Å². The van der Waals surface area contributed by atoms with Crippen molar-refractivity contribution < 1.29 is 29.1 Å². The molecule has 0 aromatic carbocycles. The van der Waals surface area contributed by atoms with Gasteiger partial charge in [-0.2, -0.15) is 0 Å². The molecule has 1 aromatic rings. The second-order valence-corrected chi connectivity index (χ2v) is 7.55. The number of rotatable bonds is 15. The third-order valence-electron chi connectivity index (χ3n) is 4.63. The molecule has 1 aromatic heterocycles. The van der Waals surface area contributed by atoms with Crippen molar-refractivity contribution in [2.24, 2.45) is 17.2 Å². The largest absolute Gasteiger partial charge is 0.480 e. The summed E-state index contributed by atoms with van der Waals surface area (Å²) in [6.07, 6.45) is 3.40. The van der Waals surface area contributed by atoms with Crippen LogP contribution in [0.15, 0.2) is 12.5 Å². The van der Waals surface area contributed by atoms with Gasteiger partial charge in [-0.3, -0.25) is 19.2 Å². The number of carbonyl (C=O) groups is 5. The SMILES string of the molecule is CC(N)C(=O)NC(CC(N)=O)C(=O)NC(CCCCN)C(=O)NC(Cc1cnc[nH]1)C(=O)O. The molecule has 0 aliphatic heterocycles. The van der Waals surface area contributed by atoms with Crippen molar-refractivity contribution in [1.29, 1.82) is 0 Å². The van der Waals surface area contributed by atoms with Gasteiger partial charge in [0.15, 0.2) is 0 Å². The van der Waals surface area contributed by atoms with Gasteiger partial charge < -0.3 is 43.2 Å². The van der Waals surface area contributed by atoms with Gasteiger partial charge in [-0.15, -0.1) is 0 Å². The lowest BCUT2D eigenvalue weighted by Crippen LogP contribution is -2.57. The van der Waals surface area contributed by atoms with Crippen LogP contribution in [0.1, 0.15) is 38.3 Å². The fraction of sp³-hybridized carbons (Fsp3) is 0.579. The fourth-order valence-electron chi connectivity index (χ4n) is 2.84. The van der Waals surface area contributed by atoms with E-state index in [9.17, 15) is 29.1 Å². The number of aliphatic carboxylic acids is 1. The number of primary amides is 1. The molecule has 0 fully saturated rings. The number of imidazole rings is 1. The molecule has 4 amide bonds. The Balaban J connectivity index is 2.96. The molecule has 0 saturated heterocycles. The summed E-state index contributed by atoms with van der Waals surface area (Å²) in [5, 5.41) is 16.6. The average molecular weight is 469 g/mol. The summed E-state index contributed by atoms with van der Waals surface area (Å²) >= 11 is 0. The van der Waals surface area contributed by atoms with E-state index in [1.54, 1.807) is 0 Å². The van der Waals surface area contributed by atoms with E-state index in [4.69, 9.17) is 17.2 Å². The van der Waals surface area contributed by atoms with Gasteiger partial charge in [0, 0.05) is 18.3 Å². The lowest BCUT2D eigenvalue weighted by atomic mass is 10.1. The molecule has 0 bridgehead atoms. The van der Waals surface area contributed by atoms with Crippen molar-refractivity contribution >= 4 is 29.6 Å².